The number of aromatic nitrogens is 2. The number of nitrogens with zero attached hydrogens (tertiary/aromatic N) is 2. The molecule has 3 aromatic rings. The molecule has 0 aliphatic rings. The van der Waals surface area contributed by atoms with Gasteiger partial charge in [0.05, 0.1) is 5.69 Å². The zero-order valence-corrected chi connectivity index (χ0v) is 12.1. The monoisotopic (exact) mass is 269 g/mol. The molecule has 19 heavy (non-hydrogen) atoms. The molecule has 0 aliphatic heterocycles. The van der Waals surface area contributed by atoms with Crippen LogP contribution in [0.5, 0.6) is 0 Å². The Bertz CT molecular complexity index is 660. The summed E-state index contributed by atoms with van der Waals surface area (Å²) in [5, 5.41) is 5.74. The van der Waals surface area contributed by atoms with E-state index in [-0.39, 0.29) is 0 Å². The van der Waals surface area contributed by atoms with Crippen molar-refractivity contribution in [1.29, 1.82) is 0 Å². The number of hydrogen-bond acceptors (Lipinski definition) is 2. The maximum absolute atomic E-state index is 4.46. The predicted octanol–water partition coefficient (Wildman–Crippen LogP) is 4.30. The third-order valence-electron chi connectivity index (χ3n) is 3.55. The van der Waals surface area contributed by atoms with Gasteiger partial charge in [-0.3, -0.25) is 4.68 Å². The van der Waals surface area contributed by atoms with Gasteiger partial charge in [0, 0.05) is 23.2 Å². The molecule has 0 spiro atoms. The van der Waals surface area contributed by atoms with Crippen molar-refractivity contribution < 1.29 is 0 Å². The van der Waals surface area contributed by atoms with E-state index >= 15 is 0 Å². The Morgan fingerprint density at radius 3 is 2.68 bits per heavy atom. The van der Waals surface area contributed by atoms with Crippen molar-refractivity contribution in [1.82, 2.24) is 9.78 Å². The fourth-order valence-electron chi connectivity index (χ4n) is 2.55. The van der Waals surface area contributed by atoms with Gasteiger partial charge >= 0.3 is 0 Å². The highest BCUT2D eigenvalue weighted by Crippen LogP contribution is 2.37. The van der Waals surface area contributed by atoms with Crippen LogP contribution in [0, 0.1) is 13.8 Å². The molecule has 2 aromatic heterocycles. The first-order chi connectivity index (χ1) is 9.20. The number of hydrogen-bond donors (Lipinski definition) is 0. The average Bonchev–Trinajstić information content (AvgIpc) is 2.95. The molecule has 0 unspecified atom stereocenters. The van der Waals surface area contributed by atoms with E-state index < -0.39 is 0 Å². The van der Waals surface area contributed by atoms with Gasteiger partial charge in [-0.15, -0.1) is 11.3 Å². The molecular weight excluding hydrogens is 252 g/mol. The van der Waals surface area contributed by atoms with Gasteiger partial charge in [-0.25, -0.2) is 0 Å². The van der Waals surface area contributed by atoms with Crippen LogP contribution in [0.3, 0.4) is 0 Å². The number of benzene rings is 1. The van der Waals surface area contributed by atoms with Crippen molar-refractivity contribution in [3.05, 3.63) is 59.5 Å². The molecule has 1 radical (unpaired) electrons. The first-order valence-corrected chi connectivity index (χ1v) is 7.29. The topological polar surface area (TPSA) is 17.8 Å². The van der Waals surface area contributed by atoms with E-state index in [1.807, 2.05) is 23.1 Å². The maximum Gasteiger partial charge on any atom is 0.121 e. The van der Waals surface area contributed by atoms with E-state index in [4.69, 9.17) is 0 Å². The minimum absolute atomic E-state index is 0.387. The van der Waals surface area contributed by atoms with Crippen LogP contribution in [-0.2, 0) is 7.05 Å². The summed E-state index contributed by atoms with van der Waals surface area (Å²) in [6.07, 6.45) is 0.878. The number of thiophene rings is 1. The van der Waals surface area contributed by atoms with Gasteiger partial charge in [0.15, 0.2) is 0 Å². The summed E-state index contributed by atoms with van der Waals surface area (Å²) < 4.78 is 1.98. The van der Waals surface area contributed by atoms with Crippen molar-refractivity contribution in [3.63, 3.8) is 0 Å². The molecule has 0 saturated carbocycles. The van der Waals surface area contributed by atoms with Gasteiger partial charge in [-0.05, 0) is 25.0 Å². The minimum Gasteiger partial charge on any atom is -0.258 e. The number of fused-ring (bicyclic) bond motifs is 1. The number of rotatable bonds is 3. The zero-order chi connectivity index (χ0) is 13.4. The number of aryl methyl sites for hydroxylation is 2. The zero-order valence-electron chi connectivity index (χ0n) is 11.3. The second kappa shape index (κ2) is 4.82. The molecule has 0 fully saturated rings. The van der Waals surface area contributed by atoms with Crippen molar-refractivity contribution in [3.8, 4) is 0 Å². The van der Waals surface area contributed by atoms with Crippen molar-refractivity contribution in [2.45, 2.75) is 19.3 Å². The van der Waals surface area contributed by atoms with Crippen LogP contribution in [0.25, 0.3) is 10.2 Å². The third kappa shape index (κ3) is 2.08. The van der Waals surface area contributed by atoms with E-state index in [1.54, 1.807) is 0 Å². The molecule has 97 valence electrons. The molecule has 3 heteroatoms. The highest BCUT2D eigenvalue weighted by Gasteiger charge is 2.17. The average molecular weight is 269 g/mol. The van der Waals surface area contributed by atoms with Gasteiger partial charge in [0.1, 0.15) is 4.83 Å². The molecule has 0 saturated heterocycles. The van der Waals surface area contributed by atoms with E-state index in [2.05, 4.69) is 55.3 Å². The van der Waals surface area contributed by atoms with Crippen LogP contribution >= 0.6 is 11.3 Å². The maximum atomic E-state index is 4.46. The quantitative estimate of drug-likeness (QED) is 0.693. The van der Waals surface area contributed by atoms with Crippen molar-refractivity contribution in [2.75, 3.05) is 0 Å². The summed E-state index contributed by atoms with van der Waals surface area (Å²) >= 11 is 1.83. The van der Waals surface area contributed by atoms with E-state index in [9.17, 15) is 0 Å². The molecule has 3 rings (SSSR count). The van der Waals surface area contributed by atoms with Gasteiger partial charge in [-0.1, -0.05) is 37.3 Å². The Morgan fingerprint density at radius 1 is 1.32 bits per heavy atom. The SMILES string of the molecule is [CH2]C[C@@H](c1ccccc1)c1cc2c(C)nn(C)c2s1. The van der Waals surface area contributed by atoms with Gasteiger partial charge in [0.2, 0.25) is 0 Å². The van der Waals surface area contributed by atoms with Gasteiger partial charge in [-0.2, -0.15) is 5.10 Å². The predicted molar refractivity (Wildman–Crippen MR) is 81.6 cm³/mol. The highest BCUT2D eigenvalue weighted by molar-refractivity contribution is 7.18. The molecule has 2 nitrogen and oxygen atoms in total. The van der Waals surface area contributed by atoms with Crippen molar-refractivity contribution in [2.24, 2.45) is 7.05 Å². The summed E-state index contributed by atoms with van der Waals surface area (Å²) in [6.45, 7) is 6.19. The first kappa shape index (κ1) is 12.4. The molecule has 1 aromatic carbocycles. The molecule has 0 aliphatic carbocycles. The van der Waals surface area contributed by atoms with E-state index in [1.165, 1.54) is 20.7 Å². The van der Waals surface area contributed by atoms with Gasteiger partial charge in [0.25, 0.3) is 0 Å². The lowest BCUT2D eigenvalue weighted by Gasteiger charge is -2.13. The van der Waals surface area contributed by atoms with Crippen LogP contribution < -0.4 is 0 Å². The highest BCUT2D eigenvalue weighted by atomic mass is 32.1. The second-order valence-corrected chi connectivity index (χ2v) is 5.89. The van der Waals surface area contributed by atoms with E-state index in [0.29, 0.717) is 5.92 Å². The van der Waals surface area contributed by atoms with Crippen LogP contribution in [0.1, 0.15) is 28.5 Å². The lowest BCUT2D eigenvalue weighted by Crippen LogP contribution is -1.97. The Labute approximate surface area is 117 Å². The Morgan fingerprint density at radius 2 is 2.05 bits per heavy atom. The Balaban J connectivity index is 2.09. The standard InChI is InChI=1S/C16H17N2S/c1-4-13(12-8-6-5-7-9-12)15-10-14-11(2)17-18(3)16(14)19-15/h5-10,13H,1,4H2,2-3H3/t13-/m0/s1. The van der Waals surface area contributed by atoms with Crippen LogP contribution in [-0.4, -0.2) is 9.78 Å². The van der Waals surface area contributed by atoms with E-state index in [0.717, 1.165) is 12.1 Å². The fourth-order valence-corrected chi connectivity index (χ4v) is 3.84. The molecular formula is C16H17N2S. The molecule has 0 bridgehead atoms. The smallest absolute Gasteiger partial charge is 0.121 e. The summed E-state index contributed by atoms with van der Waals surface area (Å²) in [7, 11) is 2.01. The normalized spacial score (nSPS) is 13.0. The van der Waals surface area contributed by atoms with Crippen LogP contribution in [0.15, 0.2) is 36.4 Å². The van der Waals surface area contributed by atoms with Gasteiger partial charge < -0.3 is 0 Å². The third-order valence-corrected chi connectivity index (χ3v) is 4.86. The second-order valence-electron chi connectivity index (χ2n) is 4.83. The first-order valence-electron chi connectivity index (χ1n) is 6.48. The molecule has 0 amide bonds. The van der Waals surface area contributed by atoms with Crippen molar-refractivity contribution >= 4 is 21.6 Å². The summed E-state index contributed by atoms with van der Waals surface area (Å²) in [6, 6.07) is 12.9. The molecule has 2 heterocycles. The minimum atomic E-state index is 0.387. The Hall–Kier alpha value is -1.61. The summed E-state index contributed by atoms with van der Waals surface area (Å²) in [5.74, 6) is 0.387. The Kier molecular flexibility index (Phi) is 3.15. The molecule has 0 N–H and O–H groups in total. The largest absolute Gasteiger partial charge is 0.258 e. The fraction of sp³-hybridized carbons (Fsp3) is 0.250. The van der Waals surface area contributed by atoms with Crippen LogP contribution in [0.4, 0.5) is 0 Å². The summed E-state index contributed by atoms with van der Waals surface area (Å²) in [5.41, 5.74) is 2.45. The summed E-state index contributed by atoms with van der Waals surface area (Å²) in [4.78, 5) is 2.63. The molecule has 1 atom stereocenters. The lowest BCUT2D eigenvalue weighted by molar-refractivity contribution is 0.787. The lowest BCUT2D eigenvalue weighted by atomic mass is 9.95. The van der Waals surface area contributed by atoms with Crippen LogP contribution in [0.2, 0.25) is 0 Å².